The molecular weight excluding hydrogens is 594 g/mol. The van der Waals surface area contributed by atoms with E-state index in [0.29, 0.717) is 41.2 Å². The SMILES string of the molecule is C=CCOc1ccc(-c2sc3c(c2CN(C)Cc2ccccc2)c(=O)c(C(=O)OCC)c(C)n3Cc2c(F)cccc2F)cc1. The average molecular weight is 629 g/mol. The number of carbonyl (C=O) groups excluding carboxylic acids is 1. The number of rotatable bonds is 12. The second-order valence-electron chi connectivity index (χ2n) is 10.7. The van der Waals surface area contributed by atoms with E-state index >= 15 is 0 Å². The van der Waals surface area contributed by atoms with E-state index < -0.39 is 23.0 Å². The lowest BCUT2D eigenvalue weighted by Crippen LogP contribution is -2.25. The zero-order chi connectivity index (χ0) is 32.1. The van der Waals surface area contributed by atoms with E-state index in [0.717, 1.165) is 16.0 Å². The predicted octanol–water partition coefficient (Wildman–Crippen LogP) is 7.74. The molecule has 0 aliphatic heterocycles. The van der Waals surface area contributed by atoms with Crippen LogP contribution in [-0.2, 0) is 24.4 Å². The van der Waals surface area contributed by atoms with Crippen LogP contribution in [0, 0.1) is 18.6 Å². The first kappa shape index (κ1) is 31.8. The van der Waals surface area contributed by atoms with Gasteiger partial charge < -0.3 is 14.0 Å². The van der Waals surface area contributed by atoms with Crippen LogP contribution in [0.3, 0.4) is 0 Å². The second-order valence-corrected chi connectivity index (χ2v) is 11.7. The lowest BCUT2D eigenvalue weighted by molar-refractivity contribution is 0.0523. The van der Waals surface area contributed by atoms with E-state index in [4.69, 9.17) is 9.47 Å². The Morgan fingerprint density at radius 1 is 0.978 bits per heavy atom. The Balaban J connectivity index is 1.76. The van der Waals surface area contributed by atoms with Gasteiger partial charge in [0.2, 0.25) is 5.43 Å². The fourth-order valence-corrected chi connectivity index (χ4v) is 6.76. The molecule has 2 aromatic heterocycles. The van der Waals surface area contributed by atoms with Gasteiger partial charge in [-0.15, -0.1) is 11.3 Å². The molecule has 0 radical (unpaired) electrons. The van der Waals surface area contributed by atoms with Crippen molar-refractivity contribution >= 4 is 27.5 Å². The lowest BCUT2D eigenvalue weighted by atomic mass is 10.0. The molecule has 0 bridgehead atoms. The highest BCUT2D eigenvalue weighted by molar-refractivity contribution is 7.22. The van der Waals surface area contributed by atoms with Gasteiger partial charge in [0.25, 0.3) is 0 Å². The van der Waals surface area contributed by atoms with Gasteiger partial charge in [0.05, 0.1) is 18.5 Å². The monoisotopic (exact) mass is 628 g/mol. The average Bonchev–Trinajstić information content (AvgIpc) is 3.39. The van der Waals surface area contributed by atoms with Crippen LogP contribution in [0.4, 0.5) is 8.78 Å². The van der Waals surface area contributed by atoms with Gasteiger partial charge in [0, 0.05) is 29.2 Å². The maximum absolute atomic E-state index is 15.0. The third-order valence-electron chi connectivity index (χ3n) is 7.52. The van der Waals surface area contributed by atoms with Crippen LogP contribution in [0.1, 0.15) is 39.7 Å². The third kappa shape index (κ3) is 6.74. The maximum atomic E-state index is 15.0. The van der Waals surface area contributed by atoms with Crippen LogP contribution < -0.4 is 10.2 Å². The van der Waals surface area contributed by atoms with Crippen molar-refractivity contribution in [1.82, 2.24) is 9.47 Å². The first-order chi connectivity index (χ1) is 21.7. The smallest absolute Gasteiger partial charge is 0.343 e. The molecule has 0 unspecified atom stereocenters. The summed E-state index contributed by atoms with van der Waals surface area (Å²) in [7, 11) is 1.96. The number of hydrogen-bond acceptors (Lipinski definition) is 6. The fourth-order valence-electron chi connectivity index (χ4n) is 5.39. The number of fused-ring (bicyclic) bond motifs is 1. The Morgan fingerprint density at radius 2 is 1.67 bits per heavy atom. The quantitative estimate of drug-likeness (QED) is 0.105. The van der Waals surface area contributed by atoms with Gasteiger partial charge in [-0.05, 0) is 74.0 Å². The Bertz CT molecular complexity index is 1880. The second kappa shape index (κ2) is 14.0. The van der Waals surface area contributed by atoms with Crippen LogP contribution >= 0.6 is 11.3 Å². The molecule has 6 nitrogen and oxygen atoms in total. The Kier molecular flexibility index (Phi) is 9.90. The highest BCUT2D eigenvalue weighted by Crippen LogP contribution is 2.40. The van der Waals surface area contributed by atoms with E-state index in [2.05, 4.69) is 11.5 Å². The molecular formula is C36H34F2N2O4S. The first-order valence-electron chi connectivity index (χ1n) is 14.6. The van der Waals surface area contributed by atoms with E-state index in [1.165, 1.54) is 29.5 Å². The molecule has 3 aromatic carbocycles. The summed E-state index contributed by atoms with van der Waals surface area (Å²) in [4.78, 5) is 30.9. The molecule has 0 aliphatic rings. The summed E-state index contributed by atoms with van der Waals surface area (Å²) < 4.78 is 42.5. The number of esters is 1. The summed E-state index contributed by atoms with van der Waals surface area (Å²) in [5.74, 6) is -1.54. The number of thiophene rings is 1. The molecule has 5 aromatic rings. The maximum Gasteiger partial charge on any atom is 0.343 e. The van der Waals surface area contributed by atoms with Gasteiger partial charge in [-0.25, -0.2) is 13.6 Å². The van der Waals surface area contributed by atoms with Crippen molar-refractivity contribution in [2.24, 2.45) is 0 Å². The molecule has 0 atom stereocenters. The number of carbonyl (C=O) groups is 1. The molecule has 45 heavy (non-hydrogen) atoms. The minimum Gasteiger partial charge on any atom is -0.490 e. The van der Waals surface area contributed by atoms with Crippen LogP contribution in [0.15, 0.2) is 90.2 Å². The molecule has 0 N–H and O–H groups in total. The van der Waals surface area contributed by atoms with Crippen molar-refractivity contribution in [3.63, 3.8) is 0 Å². The zero-order valence-corrected chi connectivity index (χ0v) is 26.3. The van der Waals surface area contributed by atoms with Crippen LogP contribution in [0.5, 0.6) is 5.75 Å². The normalized spacial score (nSPS) is 11.2. The minimum atomic E-state index is -0.773. The predicted molar refractivity (Wildman–Crippen MR) is 175 cm³/mol. The third-order valence-corrected chi connectivity index (χ3v) is 8.82. The van der Waals surface area contributed by atoms with Gasteiger partial charge in [0.1, 0.15) is 34.4 Å². The van der Waals surface area contributed by atoms with Crippen molar-refractivity contribution in [3.8, 4) is 16.2 Å². The van der Waals surface area contributed by atoms with Crippen molar-refractivity contribution in [2.45, 2.75) is 33.5 Å². The van der Waals surface area contributed by atoms with Gasteiger partial charge in [-0.2, -0.15) is 0 Å². The number of pyridine rings is 1. The molecule has 0 aliphatic carbocycles. The van der Waals surface area contributed by atoms with E-state index in [1.54, 1.807) is 24.5 Å². The highest BCUT2D eigenvalue weighted by atomic mass is 32.1. The highest BCUT2D eigenvalue weighted by Gasteiger charge is 2.28. The molecule has 0 fully saturated rings. The van der Waals surface area contributed by atoms with Crippen molar-refractivity contribution in [1.29, 1.82) is 0 Å². The summed E-state index contributed by atoms with van der Waals surface area (Å²) in [5, 5.41) is 0.326. The topological polar surface area (TPSA) is 60.8 Å². The number of halogens is 2. The number of aromatic nitrogens is 1. The summed E-state index contributed by atoms with van der Waals surface area (Å²) in [5.41, 5.74) is 2.14. The zero-order valence-electron chi connectivity index (χ0n) is 25.4. The van der Waals surface area contributed by atoms with Gasteiger partial charge in [-0.3, -0.25) is 9.69 Å². The number of hydrogen-bond donors (Lipinski definition) is 0. The fraction of sp³-hybridized carbons (Fsp3) is 0.222. The van der Waals surface area contributed by atoms with Crippen LogP contribution in [-0.4, -0.2) is 35.7 Å². The van der Waals surface area contributed by atoms with E-state index in [1.807, 2.05) is 61.6 Å². The number of benzene rings is 3. The van der Waals surface area contributed by atoms with Crippen molar-refractivity contribution in [2.75, 3.05) is 20.3 Å². The standard InChI is InChI=1S/C36H34F2N2O4S/c1-5-19-44-26-17-15-25(16-18-26)34-28(21-39(4)20-24-11-8-7-9-12-24)32-33(41)31(36(42)43-6-2)23(3)40(35(32)45-34)22-27-29(37)13-10-14-30(27)38/h5,7-18H,1,6,19-22H2,2-4H3. The molecule has 0 saturated heterocycles. The van der Waals surface area contributed by atoms with Gasteiger partial charge in [0.15, 0.2) is 0 Å². The molecule has 0 saturated carbocycles. The number of ether oxygens (including phenoxy) is 2. The van der Waals surface area contributed by atoms with E-state index in [9.17, 15) is 18.4 Å². The van der Waals surface area contributed by atoms with E-state index in [-0.39, 0.29) is 30.0 Å². The van der Waals surface area contributed by atoms with Gasteiger partial charge >= 0.3 is 5.97 Å². The van der Waals surface area contributed by atoms with Crippen molar-refractivity contribution in [3.05, 3.63) is 135 Å². The summed E-state index contributed by atoms with van der Waals surface area (Å²) in [6.45, 7) is 8.15. The summed E-state index contributed by atoms with van der Waals surface area (Å²) >= 11 is 1.35. The number of nitrogens with zero attached hydrogens (tertiary/aromatic N) is 2. The molecule has 9 heteroatoms. The van der Waals surface area contributed by atoms with Gasteiger partial charge in [-0.1, -0.05) is 49.1 Å². The lowest BCUT2D eigenvalue weighted by Gasteiger charge is -2.19. The minimum absolute atomic E-state index is 0.0690. The Hall–Kier alpha value is -4.60. The summed E-state index contributed by atoms with van der Waals surface area (Å²) in [6, 6.07) is 21.2. The Morgan fingerprint density at radius 3 is 2.31 bits per heavy atom. The summed E-state index contributed by atoms with van der Waals surface area (Å²) in [6.07, 6.45) is 1.66. The Labute approximate surface area is 264 Å². The van der Waals surface area contributed by atoms with Crippen LogP contribution in [0.2, 0.25) is 0 Å². The first-order valence-corrected chi connectivity index (χ1v) is 15.4. The molecule has 0 spiro atoms. The molecule has 5 rings (SSSR count). The van der Waals surface area contributed by atoms with Crippen molar-refractivity contribution < 1.29 is 23.0 Å². The molecule has 0 amide bonds. The molecule has 2 heterocycles. The molecule has 232 valence electrons. The van der Waals surface area contributed by atoms with Crippen LogP contribution in [0.25, 0.3) is 20.7 Å². The largest absolute Gasteiger partial charge is 0.490 e.